The van der Waals surface area contributed by atoms with Gasteiger partial charge >= 0.3 is 0 Å². The number of hydrogen-bond donors (Lipinski definition) is 0. The highest BCUT2D eigenvalue weighted by Crippen LogP contribution is 2.39. The number of anilines is 1. The lowest BCUT2D eigenvalue weighted by Gasteiger charge is -2.47. The second-order valence-corrected chi connectivity index (χ2v) is 5.97. The van der Waals surface area contributed by atoms with Gasteiger partial charge in [-0.25, -0.2) is 0 Å². The van der Waals surface area contributed by atoms with E-state index in [4.69, 9.17) is 10.00 Å². The molecule has 0 atom stereocenters. The van der Waals surface area contributed by atoms with Crippen LogP contribution < -0.4 is 9.64 Å². The summed E-state index contributed by atoms with van der Waals surface area (Å²) in [5.74, 6) is 1.51. The van der Waals surface area contributed by atoms with Crippen LogP contribution in [0.4, 0.5) is 5.69 Å². The molecule has 0 aliphatic carbocycles. The Hall–Kier alpha value is -1.69. The molecule has 0 bridgehead atoms. The first-order valence-electron chi connectivity index (χ1n) is 6.29. The molecular weight excluding hydrogens is 224 g/mol. The molecule has 0 amide bonds. The van der Waals surface area contributed by atoms with Gasteiger partial charge in [0.05, 0.1) is 24.4 Å². The molecule has 0 unspecified atom stereocenters. The summed E-state index contributed by atoms with van der Waals surface area (Å²) in [6.45, 7) is 8.97. The highest BCUT2D eigenvalue weighted by molar-refractivity contribution is 5.62. The van der Waals surface area contributed by atoms with E-state index in [2.05, 4.69) is 31.7 Å². The molecule has 1 aliphatic rings. The van der Waals surface area contributed by atoms with E-state index in [-0.39, 0.29) is 0 Å². The number of hydrogen-bond acceptors (Lipinski definition) is 3. The summed E-state index contributed by atoms with van der Waals surface area (Å²) in [7, 11) is 1.65. The van der Waals surface area contributed by atoms with Gasteiger partial charge in [0, 0.05) is 19.2 Å². The maximum atomic E-state index is 8.89. The van der Waals surface area contributed by atoms with Crippen LogP contribution in [0.1, 0.15) is 26.3 Å². The summed E-state index contributed by atoms with van der Waals surface area (Å²) in [6, 6.07) is 7.78. The van der Waals surface area contributed by atoms with Crippen LogP contribution in [0.25, 0.3) is 0 Å². The zero-order chi connectivity index (χ0) is 13.3. The fourth-order valence-electron chi connectivity index (χ4n) is 2.23. The molecule has 0 saturated carbocycles. The Morgan fingerprint density at radius 3 is 2.50 bits per heavy atom. The van der Waals surface area contributed by atoms with Gasteiger partial charge in [-0.1, -0.05) is 20.8 Å². The summed E-state index contributed by atoms with van der Waals surface area (Å²) in [4.78, 5) is 2.32. The van der Waals surface area contributed by atoms with Gasteiger partial charge in [-0.15, -0.1) is 0 Å². The quantitative estimate of drug-likeness (QED) is 0.802. The molecule has 0 aromatic heterocycles. The van der Waals surface area contributed by atoms with Gasteiger partial charge in [-0.05, 0) is 23.5 Å². The zero-order valence-electron chi connectivity index (χ0n) is 11.5. The van der Waals surface area contributed by atoms with Crippen molar-refractivity contribution in [3.05, 3.63) is 23.8 Å². The standard InChI is InChI=1S/C15H20N2O/c1-15(2,3)12-9-17(10-12)13-6-5-11(8-16)7-14(13)18-4/h5-7,12H,9-10H2,1-4H3. The average molecular weight is 244 g/mol. The predicted molar refractivity (Wildman–Crippen MR) is 72.9 cm³/mol. The Morgan fingerprint density at radius 1 is 1.33 bits per heavy atom. The molecule has 1 aromatic carbocycles. The average Bonchev–Trinajstić information content (AvgIpc) is 2.25. The second-order valence-electron chi connectivity index (χ2n) is 5.97. The van der Waals surface area contributed by atoms with Crippen molar-refractivity contribution in [1.29, 1.82) is 5.26 Å². The number of methoxy groups -OCH3 is 1. The van der Waals surface area contributed by atoms with Crippen molar-refractivity contribution >= 4 is 5.69 Å². The molecule has 1 heterocycles. The van der Waals surface area contributed by atoms with Gasteiger partial charge < -0.3 is 9.64 Å². The minimum Gasteiger partial charge on any atom is -0.495 e. The minimum atomic E-state index is 0.357. The van der Waals surface area contributed by atoms with E-state index < -0.39 is 0 Å². The van der Waals surface area contributed by atoms with Crippen LogP contribution in [-0.4, -0.2) is 20.2 Å². The van der Waals surface area contributed by atoms with E-state index in [1.54, 1.807) is 13.2 Å². The lowest BCUT2D eigenvalue weighted by molar-refractivity contribution is 0.194. The molecule has 1 fully saturated rings. The topological polar surface area (TPSA) is 36.3 Å². The van der Waals surface area contributed by atoms with E-state index in [9.17, 15) is 0 Å². The predicted octanol–water partition coefficient (Wildman–Crippen LogP) is 3.05. The third kappa shape index (κ3) is 2.28. The number of nitriles is 1. The van der Waals surface area contributed by atoms with Crippen molar-refractivity contribution in [3.63, 3.8) is 0 Å². The Bertz CT molecular complexity index is 476. The molecule has 2 rings (SSSR count). The molecule has 3 heteroatoms. The highest BCUT2D eigenvalue weighted by atomic mass is 16.5. The van der Waals surface area contributed by atoms with E-state index in [0.29, 0.717) is 11.0 Å². The molecule has 1 aromatic rings. The van der Waals surface area contributed by atoms with Crippen LogP contribution in [0.3, 0.4) is 0 Å². The van der Waals surface area contributed by atoms with Crippen LogP contribution in [0.15, 0.2) is 18.2 Å². The molecule has 3 nitrogen and oxygen atoms in total. The number of rotatable bonds is 2. The fourth-order valence-corrected chi connectivity index (χ4v) is 2.23. The van der Waals surface area contributed by atoms with Crippen molar-refractivity contribution in [2.45, 2.75) is 20.8 Å². The van der Waals surface area contributed by atoms with Gasteiger partial charge in [-0.2, -0.15) is 5.26 Å². The molecule has 1 aliphatic heterocycles. The van der Waals surface area contributed by atoms with Crippen LogP contribution in [0, 0.1) is 22.7 Å². The van der Waals surface area contributed by atoms with Gasteiger partial charge in [0.25, 0.3) is 0 Å². The highest BCUT2D eigenvalue weighted by Gasteiger charge is 2.36. The molecule has 18 heavy (non-hydrogen) atoms. The van der Waals surface area contributed by atoms with Gasteiger partial charge in [0.15, 0.2) is 0 Å². The van der Waals surface area contributed by atoms with E-state index >= 15 is 0 Å². The Balaban J connectivity index is 2.15. The van der Waals surface area contributed by atoms with Crippen LogP contribution in [-0.2, 0) is 0 Å². The molecule has 1 saturated heterocycles. The lowest BCUT2D eigenvalue weighted by atomic mass is 9.76. The molecule has 96 valence electrons. The normalized spacial score (nSPS) is 16.1. The zero-order valence-corrected chi connectivity index (χ0v) is 11.5. The third-order valence-corrected chi connectivity index (χ3v) is 3.76. The van der Waals surface area contributed by atoms with E-state index in [0.717, 1.165) is 30.4 Å². The lowest BCUT2D eigenvalue weighted by Crippen LogP contribution is -2.52. The van der Waals surface area contributed by atoms with Crippen molar-refractivity contribution in [2.75, 3.05) is 25.1 Å². The number of ether oxygens (including phenoxy) is 1. The van der Waals surface area contributed by atoms with Crippen LogP contribution >= 0.6 is 0 Å². The smallest absolute Gasteiger partial charge is 0.143 e. The first kappa shape index (κ1) is 12.8. The maximum Gasteiger partial charge on any atom is 0.143 e. The Labute approximate surface area is 109 Å². The second kappa shape index (κ2) is 4.53. The Kier molecular flexibility index (Phi) is 3.21. The molecule has 0 N–H and O–H groups in total. The summed E-state index contributed by atoms with van der Waals surface area (Å²) >= 11 is 0. The molecular formula is C15H20N2O. The fraction of sp³-hybridized carbons (Fsp3) is 0.533. The number of nitrogens with zero attached hydrogens (tertiary/aromatic N) is 2. The molecule has 0 spiro atoms. The van der Waals surface area contributed by atoms with Crippen LogP contribution in [0.2, 0.25) is 0 Å². The third-order valence-electron chi connectivity index (χ3n) is 3.76. The first-order chi connectivity index (χ1) is 8.45. The largest absolute Gasteiger partial charge is 0.495 e. The summed E-state index contributed by atoms with van der Waals surface area (Å²) in [5.41, 5.74) is 2.09. The van der Waals surface area contributed by atoms with Gasteiger partial charge in [-0.3, -0.25) is 0 Å². The molecule has 0 radical (unpaired) electrons. The van der Waals surface area contributed by atoms with Crippen molar-refractivity contribution in [2.24, 2.45) is 11.3 Å². The number of benzene rings is 1. The maximum absolute atomic E-state index is 8.89. The van der Waals surface area contributed by atoms with E-state index in [1.165, 1.54) is 0 Å². The van der Waals surface area contributed by atoms with Crippen molar-refractivity contribution in [3.8, 4) is 11.8 Å². The summed E-state index contributed by atoms with van der Waals surface area (Å²) in [5, 5.41) is 8.89. The van der Waals surface area contributed by atoms with E-state index in [1.807, 2.05) is 12.1 Å². The van der Waals surface area contributed by atoms with Crippen LogP contribution in [0.5, 0.6) is 5.75 Å². The first-order valence-corrected chi connectivity index (χ1v) is 6.29. The summed E-state index contributed by atoms with van der Waals surface area (Å²) < 4.78 is 5.37. The van der Waals surface area contributed by atoms with Crippen molar-refractivity contribution in [1.82, 2.24) is 0 Å². The van der Waals surface area contributed by atoms with Crippen molar-refractivity contribution < 1.29 is 4.74 Å². The SMILES string of the molecule is COc1cc(C#N)ccc1N1CC(C(C)(C)C)C1. The Morgan fingerprint density at radius 2 is 2.00 bits per heavy atom. The monoisotopic (exact) mass is 244 g/mol. The minimum absolute atomic E-state index is 0.357. The van der Waals surface area contributed by atoms with Gasteiger partial charge in [0.1, 0.15) is 5.75 Å². The summed E-state index contributed by atoms with van der Waals surface area (Å²) in [6.07, 6.45) is 0. The van der Waals surface area contributed by atoms with Gasteiger partial charge in [0.2, 0.25) is 0 Å².